The Balaban J connectivity index is 1.78. The molecule has 0 radical (unpaired) electrons. The van der Waals surface area contributed by atoms with Crippen molar-refractivity contribution in [2.24, 2.45) is 0 Å². The number of hydrogen-bond acceptors (Lipinski definition) is 2. The first kappa shape index (κ1) is 15.5. The van der Waals surface area contributed by atoms with Crippen LogP contribution in [0.15, 0.2) is 60.7 Å². The van der Waals surface area contributed by atoms with Crippen LogP contribution in [-0.4, -0.2) is 41.4 Å². The molecule has 2 N–H and O–H groups in total. The van der Waals surface area contributed by atoms with Crippen LogP contribution in [0.3, 0.4) is 0 Å². The molecule has 120 valence electrons. The largest absolute Gasteiger partial charge is 0.465 e. The molecule has 23 heavy (non-hydrogen) atoms. The normalized spacial score (nSPS) is 16.8. The minimum Gasteiger partial charge on any atom is -0.465 e. The van der Waals surface area contributed by atoms with Gasteiger partial charge in [0, 0.05) is 13.1 Å². The zero-order valence-corrected chi connectivity index (χ0v) is 12.7. The fraction of sp³-hybridized carbons (Fsp3) is 0.278. The molecule has 1 aliphatic heterocycles. The average molecular weight is 314 g/mol. The van der Waals surface area contributed by atoms with Gasteiger partial charge in [0.05, 0.1) is 12.6 Å². The van der Waals surface area contributed by atoms with E-state index >= 15 is 0 Å². The first-order chi connectivity index (χ1) is 11.1. The van der Waals surface area contributed by atoms with E-state index in [-0.39, 0.29) is 25.7 Å². The maximum absolute atomic E-state index is 14.5. The monoisotopic (exact) mass is 314 g/mol. The van der Waals surface area contributed by atoms with E-state index in [9.17, 15) is 9.18 Å². The highest BCUT2D eigenvalue weighted by Crippen LogP contribution is 2.37. The zero-order valence-electron chi connectivity index (χ0n) is 12.7. The van der Waals surface area contributed by atoms with E-state index in [1.807, 2.05) is 65.6 Å². The molecule has 2 aromatic carbocycles. The predicted molar refractivity (Wildman–Crippen MR) is 86.2 cm³/mol. The van der Waals surface area contributed by atoms with Gasteiger partial charge in [-0.25, -0.2) is 9.18 Å². The van der Waals surface area contributed by atoms with E-state index in [4.69, 9.17) is 5.11 Å². The number of benzene rings is 2. The Morgan fingerprint density at radius 1 is 1.09 bits per heavy atom. The average Bonchev–Trinajstić information content (AvgIpc) is 2.54. The smallest absolute Gasteiger partial charge is 0.404 e. The van der Waals surface area contributed by atoms with Gasteiger partial charge in [-0.3, -0.25) is 4.90 Å². The Kier molecular flexibility index (Phi) is 4.30. The lowest BCUT2D eigenvalue weighted by atomic mass is 9.88. The Morgan fingerprint density at radius 3 is 2.00 bits per heavy atom. The van der Waals surface area contributed by atoms with Crippen LogP contribution in [0.5, 0.6) is 0 Å². The topological polar surface area (TPSA) is 52.6 Å². The lowest BCUT2D eigenvalue weighted by Gasteiger charge is -2.48. The van der Waals surface area contributed by atoms with E-state index in [0.717, 1.165) is 11.1 Å². The molecule has 0 unspecified atom stereocenters. The number of likely N-dealkylation sites (tertiary alicyclic amines) is 1. The molecule has 0 atom stereocenters. The first-order valence-corrected chi connectivity index (χ1v) is 7.57. The molecule has 0 saturated carbocycles. The summed E-state index contributed by atoms with van der Waals surface area (Å²) in [7, 11) is 0. The summed E-state index contributed by atoms with van der Waals surface area (Å²) in [4.78, 5) is 12.6. The number of carbonyl (C=O) groups is 1. The molecule has 0 aromatic heterocycles. The second-order valence-electron chi connectivity index (χ2n) is 5.94. The van der Waals surface area contributed by atoms with Crippen molar-refractivity contribution in [3.05, 3.63) is 71.8 Å². The van der Waals surface area contributed by atoms with Crippen LogP contribution >= 0.6 is 0 Å². The summed E-state index contributed by atoms with van der Waals surface area (Å²) in [5.74, 6) is 0. The van der Waals surface area contributed by atoms with Gasteiger partial charge in [0.15, 0.2) is 5.67 Å². The Labute approximate surface area is 134 Å². The van der Waals surface area contributed by atoms with Gasteiger partial charge in [-0.1, -0.05) is 60.7 Å². The van der Waals surface area contributed by atoms with Crippen molar-refractivity contribution < 1.29 is 14.3 Å². The summed E-state index contributed by atoms with van der Waals surface area (Å²) in [6.07, 6.45) is -1.19. The van der Waals surface area contributed by atoms with E-state index in [1.54, 1.807) is 0 Å². The van der Waals surface area contributed by atoms with Crippen LogP contribution in [0.2, 0.25) is 0 Å². The molecule has 1 amide bonds. The predicted octanol–water partition coefficient (Wildman–Crippen LogP) is 3.07. The highest BCUT2D eigenvalue weighted by molar-refractivity contribution is 5.64. The van der Waals surface area contributed by atoms with Gasteiger partial charge >= 0.3 is 6.09 Å². The summed E-state index contributed by atoms with van der Waals surface area (Å²) in [6, 6.07) is 19.9. The molecular weight excluding hydrogens is 295 g/mol. The van der Waals surface area contributed by atoms with Gasteiger partial charge in [-0.15, -0.1) is 0 Å². The summed E-state index contributed by atoms with van der Waals surface area (Å²) < 4.78 is 14.5. The van der Waals surface area contributed by atoms with Gasteiger partial charge in [0.2, 0.25) is 0 Å². The number of hydrogen-bond donors (Lipinski definition) is 2. The van der Waals surface area contributed by atoms with Gasteiger partial charge in [0.25, 0.3) is 0 Å². The first-order valence-electron chi connectivity index (χ1n) is 7.57. The van der Waals surface area contributed by atoms with Crippen LogP contribution < -0.4 is 5.32 Å². The van der Waals surface area contributed by atoms with Gasteiger partial charge in [-0.05, 0) is 11.1 Å². The van der Waals surface area contributed by atoms with Crippen molar-refractivity contribution >= 4 is 6.09 Å². The van der Waals surface area contributed by atoms with Crippen molar-refractivity contribution in [3.63, 3.8) is 0 Å². The van der Waals surface area contributed by atoms with Gasteiger partial charge < -0.3 is 10.4 Å². The highest BCUT2D eigenvalue weighted by Gasteiger charge is 2.46. The number of halogens is 1. The number of rotatable bonds is 5. The minimum atomic E-state index is -1.50. The van der Waals surface area contributed by atoms with Crippen molar-refractivity contribution in [1.82, 2.24) is 10.2 Å². The van der Waals surface area contributed by atoms with Crippen molar-refractivity contribution in [1.29, 1.82) is 0 Å². The molecule has 4 nitrogen and oxygen atoms in total. The quantitative estimate of drug-likeness (QED) is 0.892. The number of alkyl halides is 1. The van der Waals surface area contributed by atoms with Crippen molar-refractivity contribution in [2.45, 2.75) is 11.7 Å². The molecule has 0 bridgehead atoms. The van der Waals surface area contributed by atoms with Crippen LogP contribution in [0, 0.1) is 0 Å². The van der Waals surface area contributed by atoms with E-state index < -0.39 is 11.8 Å². The number of amides is 1. The fourth-order valence-corrected chi connectivity index (χ4v) is 3.09. The summed E-state index contributed by atoms with van der Waals surface area (Å²) >= 11 is 0. The van der Waals surface area contributed by atoms with E-state index in [2.05, 4.69) is 5.32 Å². The Bertz CT molecular complexity index is 618. The molecule has 0 aliphatic carbocycles. The van der Waals surface area contributed by atoms with E-state index in [0.29, 0.717) is 0 Å². The Hall–Kier alpha value is -2.40. The SMILES string of the molecule is O=C(O)NCC1(F)CN(C(c2ccccc2)c2ccccc2)C1. The molecule has 1 heterocycles. The second kappa shape index (κ2) is 6.38. The third-order valence-electron chi connectivity index (χ3n) is 4.13. The van der Waals surface area contributed by atoms with Crippen LogP contribution in [-0.2, 0) is 0 Å². The number of nitrogens with zero attached hydrogens (tertiary/aromatic N) is 1. The fourth-order valence-electron chi connectivity index (χ4n) is 3.09. The second-order valence-corrected chi connectivity index (χ2v) is 5.94. The lowest BCUT2D eigenvalue weighted by molar-refractivity contribution is -0.0470. The summed E-state index contributed by atoms with van der Waals surface area (Å²) in [6.45, 7) is 0.249. The summed E-state index contributed by atoms with van der Waals surface area (Å²) in [5, 5.41) is 10.8. The Morgan fingerprint density at radius 2 is 1.57 bits per heavy atom. The number of carboxylic acid groups (broad SMARTS) is 1. The maximum atomic E-state index is 14.5. The van der Waals surface area contributed by atoms with Crippen molar-refractivity contribution in [2.75, 3.05) is 19.6 Å². The van der Waals surface area contributed by atoms with Gasteiger partial charge in [-0.2, -0.15) is 0 Å². The van der Waals surface area contributed by atoms with Gasteiger partial charge in [0.1, 0.15) is 0 Å². The minimum absolute atomic E-state index is 0.0221. The van der Waals surface area contributed by atoms with Crippen LogP contribution in [0.25, 0.3) is 0 Å². The summed E-state index contributed by atoms with van der Waals surface area (Å²) in [5.41, 5.74) is 0.708. The maximum Gasteiger partial charge on any atom is 0.404 e. The molecular formula is C18H19FN2O2. The third-order valence-corrected chi connectivity index (χ3v) is 4.13. The third kappa shape index (κ3) is 3.51. The molecule has 3 rings (SSSR count). The lowest BCUT2D eigenvalue weighted by Crippen LogP contribution is -2.64. The molecule has 0 spiro atoms. The highest BCUT2D eigenvalue weighted by atomic mass is 19.1. The van der Waals surface area contributed by atoms with Crippen LogP contribution in [0.4, 0.5) is 9.18 Å². The van der Waals surface area contributed by atoms with E-state index in [1.165, 1.54) is 0 Å². The molecule has 1 fully saturated rings. The standard InChI is InChI=1S/C18H19FN2O2/c19-18(11-20-17(22)23)12-21(13-18)16(14-7-3-1-4-8-14)15-9-5-2-6-10-15/h1-10,16,20H,11-13H2,(H,22,23). The van der Waals surface area contributed by atoms with Crippen LogP contribution in [0.1, 0.15) is 17.2 Å². The molecule has 1 aliphatic rings. The molecule has 5 heteroatoms. The number of nitrogens with one attached hydrogen (secondary N) is 1. The molecule has 2 aromatic rings. The molecule has 1 saturated heterocycles. The van der Waals surface area contributed by atoms with Crippen molar-refractivity contribution in [3.8, 4) is 0 Å². The zero-order chi connectivity index (χ0) is 16.3.